The molecular weight excluding hydrogens is 416 g/mol. The number of rotatable bonds is 7. The van der Waals surface area contributed by atoms with Crippen molar-refractivity contribution in [2.45, 2.75) is 18.9 Å². The first-order valence-electron chi connectivity index (χ1n) is 8.46. The summed E-state index contributed by atoms with van der Waals surface area (Å²) in [5.74, 6) is -2.32. The van der Waals surface area contributed by atoms with Crippen molar-refractivity contribution in [3.05, 3.63) is 40.9 Å². The van der Waals surface area contributed by atoms with Gasteiger partial charge in [-0.15, -0.1) is 0 Å². The molecule has 0 saturated carbocycles. The smallest absolute Gasteiger partial charge is 0.326 e. The molecule has 1 saturated heterocycles. The van der Waals surface area contributed by atoms with Gasteiger partial charge in [-0.25, -0.2) is 9.78 Å². The third-order valence-corrected chi connectivity index (χ3v) is 5.58. The molecule has 0 bridgehead atoms. The van der Waals surface area contributed by atoms with Crippen LogP contribution in [0.3, 0.4) is 0 Å². The number of aromatic nitrogens is 1. The van der Waals surface area contributed by atoms with Gasteiger partial charge in [0, 0.05) is 11.8 Å². The molecule has 2 aromatic rings. The number of methoxy groups -OCH3 is 1. The van der Waals surface area contributed by atoms with E-state index in [4.69, 9.17) is 22.1 Å². The van der Waals surface area contributed by atoms with Gasteiger partial charge in [-0.05, 0) is 36.8 Å². The van der Waals surface area contributed by atoms with Crippen LogP contribution in [-0.2, 0) is 14.4 Å². The molecule has 2 N–H and O–H groups in total. The maximum absolute atomic E-state index is 12.8. The van der Waals surface area contributed by atoms with Crippen LogP contribution < -0.4 is 4.74 Å². The third kappa shape index (κ3) is 4.54. The van der Waals surface area contributed by atoms with Gasteiger partial charge in [-0.3, -0.25) is 14.5 Å². The highest BCUT2D eigenvalue weighted by Crippen LogP contribution is 2.35. The van der Waals surface area contributed by atoms with Gasteiger partial charge in [-0.2, -0.15) is 0 Å². The van der Waals surface area contributed by atoms with Crippen LogP contribution in [-0.4, -0.2) is 55.4 Å². The van der Waals surface area contributed by atoms with Crippen LogP contribution in [0.15, 0.2) is 35.2 Å². The molecule has 0 spiro atoms. The van der Waals surface area contributed by atoms with E-state index >= 15 is 0 Å². The fourth-order valence-electron chi connectivity index (χ4n) is 2.83. The van der Waals surface area contributed by atoms with Gasteiger partial charge in [0.05, 0.1) is 23.2 Å². The van der Waals surface area contributed by atoms with Gasteiger partial charge in [-0.1, -0.05) is 30.0 Å². The van der Waals surface area contributed by atoms with Gasteiger partial charge in [0.2, 0.25) is 0 Å². The highest BCUT2D eigenvalue weighted by atomic mass is 32.2. The van der Waals surface area contributed by atoms with Crippen LogP contribution >= 0.6 is 24.0 Å². The van der Waals surface area contributed by atoms with Crippen molar-refractivity contribution in [3.8, 4) is 5.75 Å². The number of fused-ring (bicyclic) bond motifs is 1. The van der Waals surface area contributed by atoms with E-state index < -0.39 is 23.9 Å². The van der Waals surface area contributed by atoms with Crippen LogP contribution in [0.25, 0.3) is 17.0 Å². The summed E-state index contributed by atoms with van der Waals surface area (Å²) in [7, 11) is 1.58. The van der Waals surface area contributed by atoms with Crippen molar-refractivity contribution in [1.29, 1.82) is 0 Å². The second-order valence-corrected chi connectivity index (χ2v) is 7.81. The fraction of sp³-hybridized carbons (Fsp3) is 0.211. The van der Waals surface area contributed by atoms with E-state index in [1.165, 1.54) is 0 Å². The number of benzene rings is 1. The largest absolute Gasteiger partial charge is 0.497 e. The Bertz CT molecular complexity index is 1050. The lowest BCUT2D eigenvalue weighted by molar-refractivity contribution is -0.146. The molecule has 2 heterocycles. The second kappa shape index (κ2) is 8.58. The Morgan fingerprint density at radius 2 is 2.07 bits per heavy atom. The van der Waals surface area contributed by atoms with Crippen molar-refractivity contribution in [2.24, 2.45) is 0 Å². The number of carboxylic acid groups (broad SMARTS) is 2. The number of carbonyl (C=O) groups is 3. The standard InChI is InChI=1S/C19H16N2O6S2/c1-27-12-4-5-13-10(8-12)2-3-11(20-13)9-15-17(24)21(19(28)29-15)14(18(25)26)6-7-16(22)23/h2-5,8-9,14H,6-7H2,1H3,(H,22,23)(H,25,26)/b15-9+. The molecule has 8 nitrogen and oxygen atoms in total. The molecule has 1 fully saturated rings. The zero-order valence-corrected chi connectivity index (χ0v) is 16.8. The summed E-state index contributed by atoms with van der Waals surface area (Å²) < 4.78 is 5.26. The van der Waals surface area contributed by atoms with Crippen LogP contribution in [0.4, 0.5) is 0 Å². The molecule has 1 aliphatic heterocycles. The van der Waals surface area contributed by atoms with E-state index in [2.05, 4.69) is 4.98 Å². The third-order valence-electron chi connectivity index (χ3n) is 4.25. The Morgan fingerprint density at radius 3 is 2.72 bits per heavy atom. The number of ether oxygens (including phenoxy) is 1. The number of thiocarbonyl (C=S) groups is 1. The highest BCUT2D eigenvalue weighted by molar-refractivity contribution is 8.26. The van der Waals surface area contributed by atoms with Crippen LogP contribution in [0, 0.1) is 0 Å². The van der Waals surface area contributed by atoms with Crippen LogP contribution in [0.2, 0.25) is 0 Å². The Balaban J connectivity index is 1.87. The highest BCUT2D eigenvalue weighted by Gasteiger charge is 2.40. The molecule has 1 aromatic carbocycles. The molecule has 0 aliphatic carbocycles. The Labute approximate surface area is 175 Å². The molecule has 1 aliphatic rings. The first-order chi connectivity index (χ1) is 13.8. The molecule has 3 rings (SSSR count). The zero-order valence-electron chi connectivity index (χ0n) is 15.2. The minimum Gasteiger partial charge on any atom is -0.497 e. The average molecular weight is 432 g/mol. The quantitative estimate of drug-likeness (QED) is 0.503. The number of aliphatic carboxylic acids is 2. The number of carboxylic acids is 2. The van der Waals surface area contributed by atoms with Gasteiger partial charge in [0.1, 0.15) is 16.1 Å². The topological polar surface area (TPSA) is 117 Å². The minimum atomic E-state index is -1.33. The molecule has 29 heavy (non-hydrogen) atoms. The number of hydrogen-bond donors (Lipinski definition) is 2. The number of thioether (sulfide) groups is 1. The molecule has 1 atom stereocenters. The van der Waals surface area contributed by atoms with E-state index in [-0.39, 0.29) is 22.1 Å². The first kappa shape index (κ1) is 20.7. The Kier molecular flexibility index (Phi) is 6.14. The number of nitrogens with zero attached hydrogens (tertiary/aromatic N) is 2. The average Bonchev–Trinajstić information content (AvgIpc) is 2.95. The number of amides is 1. The lowest BCUT2D eigenvalue weighted by Gasteiger charge is -2.22. The fourth-order valence-corrected chi connectivity index (χ4v) is 4.17. The first-order valence-corrected chi connectivity index (χ1v) is 9.69. The van der Waals surface area contributed by atoms with Crippen LogP contribution in [0.1, 0.15) is 18.5 Å². The summed E-state index contributed by atoms with van der Waals surface area (Å²) in [6.45, 7) is 0. The minimum absolute atomic E-state index is 0.0737. The van der Waals surface area contributed by atoms with E-state index in [0.717, 1.165) is 22.0 Å². The lowest BCUT2D eigenvalue weighted by atomic mass is 10.1. The molecule has 10 heteroatoms. The van der Waals surface area contributed by atoms with Crippen molar-refractivity contribution >= 4 is 63.1 Å². The van der Waals surface area contributed by atoms with Crippen LogP contribution in [0.5, 0.6) is 5.75 Å². The maximum Gasteiger partial charge on any atom is 0.326 e. The monoisotopic (exact) mass is 432 g/mol. The predicted octanol–water partition coefficient (Wildman–Crippen LogP) is 2.76. The molecule has 1 amide bonds. The van der Waals surface area contributed by atoms with E-state index in [1.54, 1.807) is 31.4 Å². The van der Waals surface area contributed by atoms with Gasteiger partial charge in [0.15, 0.2) is 0 Å². The van der Waals surface area contributed by atoms with Gasteiger partial charge in [0.25, 0.3) is 5.91 Å². The number of carbonyl (C=O) groups excluding carboxylic acids is 1. The Morgan fingerprint density at radius 1 is 1.31 bits per heavy atom. The number of hydrogen-bond acceptors (Lipinski definition) is 7. The molecule has 1 aromatic heterocycles. The maximum atomic E-state index is 12.8. The molecule has 1 unspecified atom stereocenters. The van der Waals surface area contributed by atoms with E-state index in [1.807, 2.05) is 12.1 Å². The van der Waals surface area contributed by atoms with Gasteiger partial charge >= 0.3 is 11.9 Å². The predicted molar refractivity (Wildman–Crippen MR) is 112 cm³/mol. The van der Waals surface area contributed by atoms with Crippen molar-refractivity contribution in [3.63, 3.8) is 0 Å². The lowest BCUT2D eigenvalue weighted by Crippen LogP contribution is -2.44. The molecular formula is C19H16N2O6S2. The zero-order chi connectivity index (χ0) is 21.1. The molecule has 150 valence electrons. The summed E-state index contributed by atoms with van der Waals surface area (Å²) in [4.78, 5) is 40.8. The summed E-state index contributed by atoms with van der Waals surface area (Å²) in [5.41, 5.74) is 1.22. The van der Waals surface area contributed by atoms with Crippen molar-refractivity contribution in [2.75, 3.05) is 7.11 Å². The number of pyridine rings is 1. The van der Waals surface area contributed by atoms with Gasteiger partial charge < -0.3 is 14.9 Å². The SMILES string of the molecule is COc1ccc2nc(/C=C3/SC(=S)N(C(CCC(=O)O)C(=O)O)C3=O)ccc2c1. The summed E-state index contributed by atoms with van der Waals surface area (Å²) in [5, 5.41) is 19.1. The summed E-state index contributed by atoms with van der Waals surface area (Å²) >= 11 is 6.14. The molecule has 0 radical (unpaired) electrons. The van der Waals surface area contributed by atoms with E-state index in [0.29, 0.717) is 17.0 Å². The Hall–Kier alpha value is -2.98. The summed E-state index contributed by atoms with van der Waals surface area (Å²) in [6, 6.07) is 7.65. The normalized spacial score (nSPS) is 16.4. The van der Waals surface area contributed by atoms with Crippen molar-refractivity contribution in [1.82, 2.24) is 9.88 Å². The van der Waals surface area contributed by atoms with Crippen molar-refractivity contribution < 1.29 is 29.3 Å². The summed E-state index contributed by atoms with van der Waals surface area (Å²) in [6.07, 6.45) is 0.919. The van der Waals surface area contributed by atoms with E-state index in [9.17, 15) is 19.5 Å². The second-order valence-electron chi connectivity index (χ2n) is 6.13.